The standard InChI is InChI=1S/C11H14N2O3/c1-12-10(11(14)13-2)7-3-4-8-9(5-7)16-6-15-8/h3-5,10,12H,6H2,1-2H3,(H,13,14). The van der Waals surface area contributed by atoms with Gasteiger partial charge >= 0.3 is 0 Å². The second-order valence-corrected chi connectivity index (χ2v) is 3.45. The summed E-state index contributed by atoms with van der Waals surface area (Å²) in [5.41, 5.74) is 0.853. The van der Waals surface area contributed by atoms with Crippen molar-refractivity contribution < 1.29 is 14.3 Å². The van der Waals surface area contributed by atoms with Crippen LogP contribution in [0.5, 0.6) is 11.5 Å². The van der Waals surface area contributed by atoms with Crippen LogP contribution in [0.25, 0.3) is 0 Å². The number of carbonyl (C=O) groups is 1. The topological polar surface area (TPSA) is 59.6 Å². The number of hydrogen-bond donors (Lipinski definition) is 2. The lowest BCUT2D eigenvalue weighted by molar-refractivity contribution is -0.122. The van der Waals surface area contributed by atoms with Crippen LogP contribution in [0.3, 0.4) is 0 Å². The molecule has 1 unspecified atom stereocenters. The molecule has 0 bridgehead atoms. The lowest BCUT2D eigenvalue weighted by atomic mass is 10.1. The van der Waals surface area contributed by atoms with Gasteiger partial charge in [-0.25, -0.2) is 0 Å². The van der Waals surface area contributed by atoms with Crippen LogP contribution < -0.4 is 20.1 Å². The van der Waals surface area contributed by atoms with Gasteiger partial charge in [0.15, 0.2) is 11.5 Å². The van der Waals surface area contributed by atoms with E-state index in [9.17, 15) is 4.79 Å². The van der Waals surface area contributed by atoms with E-state index in [1.165, 1.54) is 0 Å². The van der Waals surface area contributed by atoms with E-state index in [4.69, 9.17) is 9.47 Å². The monoisotopic (exact) mass is 222 g/mol. The number of amides is 1. The predicted octanol–water partition coefficient (Wildman–Crippen LogP) is 0.422. The van der Waals surface area contributed by atoms with Crippen LogP contribution in [-0.4, -0.2) is 26.8 Å². The zero-order valence-corrected chi connectivity index (χ0v) is 9.24. The first kappa shape index (κ1) is 10.8. The van der Waals surface area contributed by atoms with E-state index in [1.54, 1.807) is 14.1 Å². The van der Waals surface area contributed by atoms with Gasteiger partial charge in [-0.1, -0.05) is 6.07 Å². The van der Waals surface area contributed by atoms with Gasteiger partial charge in [0.2, 0.25) is 12.7 Å². The van der Waals surface area contributed by atoms with Crippen LogP contribution in [0, 0.1) is 0 Å². The Balaban J connectivity index is 2.29. The third-order valence-corrected chi connectivity index (χ3v) is 2.53. The highest BCUT2D eigenvalue weighted by Crippen LogP contribution is 2.34. The summed E-state index contributed by atoms with van der Waals surface area (Å²) in [4.78, 5) is 11.6. The van der Waals surface area contributed by atoms with E-state index in [0.717, 1.165) is 11.3 Å². The van der Waals surface area contributed by atoms with E-state index in [2.05, 4.69) is 10.6 Å². The zero-order chi connectivity index (χ0) is 11.5. The molecule has 0 aromatic heterocycles. The number of fused-ring (bicyclic) bond motifs is 1. The van der Waals surface area contributed by atoms with Crippen molar-refractivity contribution in [3.8, 4) is 11.5 Å². The average Bonchev–Trinajstić information content (AvgIpc) is 2.77. The molecule has 1 aliphatic heterocycles. The third kappa shape index (κ3) is 1.81. The summed E-state index contributed by atoms with van der Waals surface area (Å²) in [5.74, 6) is 1.32. The molecule has 1 aliphatic rings. The highest BCUT2D eigenvalue weighted by Gasteiger charge is 2.21. The van der Waals surface area contributed by atoms with Crippen LogP contribution in [0.4, 0.5) is 0 Å². The van der Waals surface area contributed by atoms with Gasteiger partial charge in [-0.3, -0.25) is 4.79 Å². The molecule has 16 heavy (non-hydrogen) atoms. The normalized spacial score (nSPS) is 14.6. The molecule has 1 heterocycles. The zero-order valence-electron chi connectivity index (χ0n) is 9.24. The fourth-order valence-electron chi connectivity index (χ4n) is 1.69. The number of likely N-dealkylation sites (N-methyl/N-ethyl adjacent to an activating group) is 2. The maximum absolute atomic E-state index is 11.6. The highest BCUT2D eigenvalue weighted by molar-refractivity contribution is 5.83. The third-order valence-electron chi connectivity index (χ3n) is 2.53. The number of nitrogens with one attached hydrogen (secondary N) is 2. The molecule has 1 atom stereocenters. The molecule has 1 amide bonds. The Labute approximate surface area is 93.7 Å². The van der Waals surface area contributed by atoms with Crippen LogP contribution in [0.15, 0.2) is 18.2 Å². The van der Waals surface area contributed by atoms with E-state index < -0.39 is 0 Å². The number of benzene rings is 1. The minimum atomic E-state index is -0.375. The Bertz CT molecular complexity index is 406. The van der Waals surface area contributed by atoms with Crippen molar-refractivity contribution >= 4 is 5.91 Å². The van der Waals surface area contributed by atoms with Crippen LogP contribution in [0.1, 0.15) is 11.6 Å². The quantitative estimate of drug-likeness (QED) is 0.778. The van der Waals surface area contributed by atoms with E-state index >= 15 is 0 Å². The maximum atomic E-state index is 11.6. The molecular formula is C11H14N2O3. The van der Waals surface area contributed by atoms with Crippen molar-refractivity contribution in [3.05, 3.63) is 23.8 Å². The molecule has 0 fully saturated rings. The van der Waals surface area contributed by atoms with Crippen molar-refractivity contribution in [3.63, 3.8) is 0 Å². The summed E-state index contributed by atoms with van der Waals surface area (Å²) >= 11 is 0. The summed E-state index contributed by atoms with van der Waals surface area (Å²) in [6.45, 7) is 0.239. The van der Waals surface area contributed by atoms with Crippen LogP contribution >= 0.6 is 0 Å². The first-order valence-electron chi connectivity index (χ1n) is 5.04. The fourth-order valence-corrected chi connectivity index (χ4v) is 1.69. The first-order chi connectivity index (χ1) is 7.76. The summed E-state index contributed by atoms with van der Waals surface area (Å²) < 4.78 is 10.5. The molecule has 1 aromatic rings. The van der Waals surface area contributed by atoms with Gasteiger partial charge in [0.25, 0.3) is 0 Å². The first-order valence-corrected chi connectivity index (χ1v) is 5.04. The average molecular weight is 222 g/mol. The molecule has 2 N–H and O–H groups in total. The van der Waals surface area contributed by atoms with E-state index in [1.807, 2.05) is 18.2 Å². The molecule has 1 aromatic carbocycles. The minimum absolute atomic E-state index is 0.0821. The number of rotatable bonds is 3. The Morgan fingerprint density at radius 1 is 1.31 bits per heavy atom. The van der Waals surface area contributed by atoms with E-state index in [-0.39, 0.29) is 18.7 Å². The molecule has 2 rings (SSSR count). The van der Waals surface area contributed by atoms with Gasteiger partial charge in [-0.2, -0.15) is 0 Å². The number of hydrogen-bond acceptors (Lipinski definition) is 4. The van der Waals surface area contributed by atoms with Crippen molar-refractivity contribution in [2.45, 2.75) is 6.04 Å². The SMILES string of the molecule is CNC(=O)C(NC)c1ccc2c(c1)OCO2. The Kier molecular flexibility index (Phi) is 2.96. The number of ether oxygens (including phenoxy) is 2. The minimum Gasteiger partial charge on any atom is -0.454 e. The molecule has 0 saturated carbocycles. The summed E-state index contributed by atoms with van der Waals surface area (Å²) in [5, 5.41) is 5.56. The van der Waals surface area contributed by atoms with Crippen molar-refractivity contribution in [2.24, 2.45) is 0 Å². The lowest BCUT2D eigenvalue weighted by Crippen LogP contribution is -2.33. The van der Waals surface area contributed by atoms with Crippen molar-refractivity contribution in [1.29, 1.82) is 0 Å². The molecule has 5 heteroatoms. The molecular weight excluding hydrogens is 208 g/mol. The summed E-state index contributed by atoms with van der Waals surface area (Å²) in [7, 11) is 3.35. The lowest BCUT2D eigenvalue weighted by Gasteiger charge is -2.15. The molecule has 0 spiro atoms. The Morgan fingerprint density at radius 2 is 2.06 bits per heavy atom. The van der Waals surface area contributed by atoms with Gasteiger partial charge in [-0.05, 0) is 24.7 Å². The van der Waals surface area contributed by atoms with Crippen LogP contribution in [-0.2, 0) is 4.79 Å². The summed E-state index contributed by atoms with van der Waals surface area (Å²) in [6.07, 6.45) is 0. The second kappa shape index (κ2) is 4.40. The largest absolute Gasteiger partial charge is 0.454 e. The van der Waals surface area contributed by atoms with Crippen molar-refractivity contribution in [1.82, 2.24) is 10.6 Å². The van der Waals surface area contributed by atoms with Gasteiger partial charge < -0.3 is 20.1 Å². The van der Waals surface area contributed by atoms with Gasteiger partial charge in [0, 0.05) is 7.05 Å². The van der Waals surface area contributed by atoms with E-state index in [0.29, 0.717) is 5.75 Å². The highest BCUT2D eigenvalue weighted by atomic mass is 16.7. The van der Waals surface area contributed by atoms with Gasteiger partial charge in [-0.15, -0.1) is 0 Å². The number of carbonyl (C=O) groups excluding carboxylic acids is 1. The molecule has 5 nitrogen and oxygen atoms in total. The second-order valence-electron chi connectivity index (χ2n) is 3.45. The summed E-state index contributed by atoms with van der Waals surface area (Å²) in [6, 6.07) is 5.10. The maximum Gasteiger partial charge on any atom is 0.241 e. The fraction of sp³-hybridized carbons (Fsp3) is 0.364. The predicted molar refractivity (Wildman–Crippen MR) is 58.4 cm³/mol. The Hall–Kier alpha value is -1.75. The van der Waals surface area contributed by atoms with Gasteiger partial charge in [0.05, 0.1) is 0 Å². The molecule has 86 valence electrons. The molecule has 0 aliphatic carbocycles. The molecule has 0 radical (unpaired) electrons. The van der Waals surface area contributed by atoms with Crippen molar-refractivity contribution in [2.75, 3.05) is 20.9 Å². The van der Waals surface area contributed by atoms with Crippen LogP contribution in [0.2, 0.25) is 0 Å². The van der Waals surface area contributed by atoms with Gasteiger partial charge in [0.1, 0.15) is 6.04 Å². The Morgan fingerprint density at radius 3 is 2.75 bits per heavy atom. The smallest absolute Gasteiger partial charge is 0.241 e. The molecule has 0 saturated heterocycles.